The number of hydrogen-bond donors (Lipinski definition) is 0. The zero-order valence-electron chi connectivity index (χ0n) is 28.6. The maximum Gasteiger partial charge on any atom is -0.00201 e. The van der Waals surface area contributed by atoms with Crippen molar-refractivity contribution in [2.75, 3.05) is 0 Å². The number of benzene rings is 10. The van der Waals surface area contributed by atoms with E-state index < -0.39 is 0 Å². The second-order valence-electron chi connectivity index (χ2n) is 13.7. The minimum absolute atomic E-state index is 1.21. The van der Waals surface area contributed by atoms with Crippen LogP contribution in [-0.2, 0) is 0 Å². The number of hydrogen-bond acceptors (Lipinski definition) is 0. The molecule has 0 bridgehead atoms. The highest BCUT2D eigenvalue weighted by atomic mass is 14.2. The van der Waals surface area contributed by atoms with Crippen LogP contribution in [0.15, 0.2) is 206 Å². The van der Waals surface area contributed by atoms with Gasteiger partial charge in [-0.15, -0.1) is 0 Å². The van der Waals surface area contributed by atoms with Crippen molar-refractivity contribution in [1.82, 2.24) is 0 Å². The SMILES string of the molecule is c1ccc(-c2c(-c3ccccc3)c3cc(-c4cccc5ccccc45)ccc3c3ccc(-c4cccc(-c5ccc6ccccc6c5)c4)cc23)cc1. The predicted molar refractivity (Wildman–Crippen MR) is 224 cm³/mol. The van der Waals surface area contributed by atoms with E-state index >= 15 is 0 Å². The summed E-state index contributed by atoms with van der Waals surface area (Å²) >= 11 is 0. The van der Waals surface area contributed by atoms with E-state index in [9.17, 15) is 0 Å². The molecule has 0 atom stereocenters. The van der Waals surface area contributed by atoms with Gasteiger partial charge in [0.1, 0.15) is 0 Å². The highest BCUT2D eigenvalue weighted by Crippen LogP contribution is 2.47. The summed E-state index contributed by atoms with van der Waals surface area (Å²) in [5, 5.41) is 10.1. The van der Waals surface area contributed by atoms with Gasteiger partial charge >= 0.3 is 0 Å². The first-order valence-corrected chi connectivity index (χ1v) is 18.0. The lowest BCUT2D eigenvalue weighted by atomic mass is 9.83. The second-order valence-corrected chi connectivity index (χ2v) is 13.7. The van der Waals surface area contributed by atoms with Gasteiger partial charge in [-0.25, -0.2) is 0 Å². The van der Waals surface area contributed by atoms with Crippen LogP contribution in [0.5, 0.6) is 0 Å². The molecule has 0 spiro atoms. The Morgan fingerprint density at radius 1 is 0.192 bits per heavy atom. The normalized spacial score (nSPS) is 11.5. The van der Waals surface area contributed by atoms with Crippen molar-refractivity contribution in [3.63, 3.8) is 0 Å². The molecule has 0 aliphatic carbocycles. The molecular weight excluding hydrogens is 625 g/mol. The van der Waals surface area contributed by atoms with Gasteiger partial charge in [-0.3, -0.25) is 0 Å². The molecule has 0 fully saturated rings. The maximum atomic E-state index is 2.42. The molecular formula is C52H34. The van der Waals surface area contributed by atoms with Crippen LogP contribution in [0.3, 0.4) is 0 Å². The number of rotatable bonds is 5. The van der Waals surface area contributed by atoms with Crippen molar-refractivity contribution in [1.29, 1.82) is 0 Å². The van der Waals surface area contributed by atoms with Crippen LogP contribution >= 0.6 is 0 Å². The lowest BCUT2D eigenvalue weighted by molar-refractivity contribution is 1.60. The maximum absolute atomic E-state index is 2.42. The molecule has 0 aliphatic rings. The molecule has 0 radical (unpaired) electrons. The van der Waals surface area contributed by atoms with Gasteiger partial charge in [0, 0.05) is 0 Å². The van der Waals surface area contributed by atoms with E-state index in [1.165, 1.54) is 98.7 Å². The standard InChI is InChI=1S/C52H34/c1-3-15-37(16-4-1)51-49-33-43(41-22-11-21-40(32-41)42-26-25-35-13-7-8-19-39(35)31-42)27-29-47(49)48-30-28-44(34-50(48)52(51)38-17-5-2-6-18-38)46-24-12-20-36-14-9-10-23-45(36)46/h1-34H. The van der Waals surface area contributed by atoms with Gasteiger partial charge in [0.05, 0.1) is 0 Å². The Morgan fingerprint density at radius 3 is 1.35 bits per heavy atom. The predicted octanol–water partition coefficient (Wildman–Crippen LogP) is 14.6. The quantitative estimate of drug-likeness (QED) is 0.161. The van der Waals surface area contributed by atoms with Crippen molar-refractivity contribution in [3.8, 4) is 55.6 Å². The van der Waals surface area contributed by atoms with E-state index in [1.54, 1.807) is 0 Å². The Kier molecular flexibility index (Phi) is 7.25. The highest BCUT2D eigenvalue weighted by molar-refractivity contribution is 6.23. The first kappa shape index (κ1) is 30.1. The largest absolute Gasteiger partial charge is 0.0622 e. The molecule has 0 aliphatic heterocycles. The van der Waals surface area contributed by atoms with Crippen LogP contribution < -0.4 is 0 Å². The van der Waals surface area contributed by atoms with E-state index in [0.29, 0.717) is 0 Å². The van der Waals surface area contributed by atoms with Gasteiger partial charge in [-0.1, -0.05) is 182 Å². The molecule has 0 nitrogen and oxygen atoms in total. The summed E-state index contributed by atoms with van der Waals surface area (Å²) in [6.07, 6.45) is 0. The van der Waals surface area contributed by atoms with E-state index in [4.69, 9.17) is 0 Å². The highest BCUT2D eigenvalue weighted by Gasteiger charge is 2.19. The average Bonchev–Trinajstić information content (AvgIpc) is 3.23. The van der Waals surface area contributed by atoms with E-state index in [1.807, 2.05) is 0 Å². The molecule has 242 valence electrons. The van der Waals surface area contributed by atoms with Gasteiger partial charge in [0.2, 0.25) is 0 Å². The molecule has 10 aromatic rings. The molecule has 0 saturated carbocycles. The fourth-order valence-electron chi connectivity index (χ4n) is 8.12. The Labute approximate surface area is 303 Å². The molecule has 10 aromatic carbocycles. The molecule has 0 heteroatoms. The molecule has 0 amide bonds. The van der Waals surface area contributed by atoms with Gasteiger partial charge < -0.3 is 0 Å². The lowest BCUT2D eigenvalue weighted by Gasteiger charge is -2.20. The topological polar surface area (TPSA) is 0 Å². The van der Waals surface area contributed by atoms with Crippen LogP contribution in [0.25, 0.3) is 98.7 Å². The van der Waals surface area contributed by atoms with Crippen LogP contribution in [0.4, 0.5) is 0 Å². The third-order valence-corrected chi connectivity index (χ3v) is 10.6. The van der Waals surface area contributed by atoms with Crippen LogP contribution in [0, 0.1) is 0 Å². The van der Waals surface area contributed by atoms with Gasteiger partial charge in [0.25, 0.3) is 0 Å². The van der Waals surface area contributed by atoms with E-state index in [2.05, 4.69) is 206 Å². The smallest absolute Gasteiger partial charge is 0.00201 e. The van der Waals surface area contributed by atoms with Gasteiger partial charge in [-0.2, -0.15) is 0 Å². The summed E-state index contributed by atoms with van der Waals surface area (Å²) in [4.78, 5) is 0. The third-order valence-electron chi connectivity index (χ3n) is 10.6. The average molecular weight is 659 g/mol. The fourth-order valence-corrected chi connectivity index (χ4v) is 8.12. The minimum Gasteiger partial charge on any atom is -0.0622 e. The summed E-state index contributed by atoms with van der Waals surface area (Å²) in [6, 6.07) is 75.6. The summed E-state index contributed by atoms with van der Waals surface area (Å²) < 4.78 is 0. The first-order chi connectivity index (χ1) is 25.8. The van der Waals surface area contributed by atoms with E-state index in [-0.39, 0.29) is 0 Å². The monoisotopic (exact) mass is 658 g/mol. The summed E-state index contributed by atoms with van der Waals surface area (Å²) in [7, 11) is 0. The van der Waals surface area contributed by atoms with Crippen molar-refractivity contribution in [2.45, 2.75) is 0 Å². The zero-order valence-corrected chi connectivity index (χ0v) is 28.6. The van der Waals surface area contributed by atoms with Crippen LogP contribution in [-0.4, -0.2) is 0 Å². The van der Waals surface area contributed by atoms with Gasteiger partial charge in [-0.05, 0) is 123 Å². The van der Waals surface area contributed by atoms with Crippen molar-refractivity contribution in [3.05, 3.63) is 206 Å². The molecule has 10 rings (SSSR count). The van der Waals surface area contributed by atoms with Crippen LogP contribution in [0.2, 0.25) is 0 Å². The minimum atomic E-state index is 1.21. The Bertz CT molecular complexity index is 2930. The fraction of sp³-hybridized carbons (Fsp3) is 0. The van der Waals surface area contributed by atoms with Crippen molar-refractivity contribution in [2.24, 2.45) is 0 Å². The van der Waals surface area contributed by atoms with Gasteiger partial charge in [0.15, 0.2) is 0 Å². The summed E-state index contributed by atoms with van der Waals surface area (Å²) in [6.45, 7) is 0. The second kappa shape index (κ2) is 12.5. The molecule has 0 heterocycles. The Balaban J connectivity index is 1.24. The molecule has 0 N–H and O–H groups in total. The Morgan fingerprint density at radius 2 is 0.654 bits per heavy atom. The molecule has 0 unspecified atom stereocenters. The summed E-state index contributed by atoms with van der Waals surface area (Å²) in [5.74, 6) is 0. The van der Waals surface area contributed by atoms with Crippen molar-refractivity contribution >= 4 is 43.1 Å². The molecule has 52 heavy (non-hydrogen) atoms. The van der Waals surface area contributed by atoms with Crippen LogP contribution in [0.1, 0.15) is 0 Å². The molecule has 0 aromatic heterocycles. The number of fused-ring (bicyclic) bond motifs is 5. The lowest BCUT2D eigenvalue weighted by Crippen LogP contribution is -1.93. The zero-order chi connectivity index (χ0) is 34.4. The van der Waals surface area contributed by atoms with Crippen molar-refractivity contribution < 1.29 is 0 Å². The summed E-state index contributed by atoms with van der Waals surface area (Å²) in [5.41, 5.74) is 12.3. The molecule has 0 saturated heterocycles. The third kappa shape index (κ3) is 5.16. The van der Waals surface area contributed by atoms with E-state index in [0.717, 1.165) is 0 Å². The first-order valence-electron chi connectivity index (χ1n) is 18.0. The Hall–Kier alpha value is -6.76.